The molecule has 0 saturated heterocycles. The van der Waals surface area contributed by atoms with Crippen LogP contribution in [0, 0.1) is 5.82 Å². The highest BCUT2D eigenvalue weighted by Gasteiger charge is 2.02. The van der Waals surface area contributed by atoms with Gasteiger partial charge < -0.3 is 15.3 Å². The van der Waals surface area contributed by atoms with Crippen LogP contribution in [0.3, 0.4) is 0 Å². The molecule has 0 amide bonds. The van der Waals surface area contributed by atoms with Crippen molar-refractivity contribution in [3.8, 4) is 5.75 Å². The Kier molecular flexibility index (Phi) is 4.58. The lowest BCUT2D eigenvalue weighted by atomic mass is 10.1. The average molecular weight is 274 g/mol. The molecule has 2 N–H and O–H groups in total. The molecule has 0 aliphatic heterocycles. The summed E-state index contributed by atoms with van der Waals surface area (Å²) in [7, 11) is 4.05. The molecule has 0 radical (unpaired) electrons. The minimum atomic E-state index is -0.592. The summed E-state index contributed by atoms with van der Waals surface area (Å²) in [6.07, 6.45) is 0. The molecule has 20 heavy (non-hydrogen) atoms. The number of rotatable bonds is 5. The zero-order valence-electron chi connectivity index (χ0n) is 11.7. The van der Waals surface area contributed by atoms with E-state index in [0.717, 1.165) is 17.8 Å². The number of benzene rings is 2. The number of phenols is 1. The fraction of sp³-hybridized carbons (Fsp3) is 0.250. The van der Waals surface area contributed by atoms with Crippen LogP contribution in [0.2, 0.25) is 0 Å². The van der Waals surface area contributed by atoms with Gasteiger partial charge in [0.15, 0.2) is 11.6 Å². The highest BCUT2D eigenvalue weighted by atomic mass is 19.1. The van der Waals surface area contributed by atoms with E-state index < -0.39 is 5.82 Å². The predicted molar refractivity (Wildman–Crippen MR) is 79.2 cm³/mol. The summed E-state index contributed by atoms with van der Waals surface area (Å²) >= 11 is 0. The highest BCUT2D eigenvalue weighted by molar-refractivity contribution is 5.46. The van der Waals surface area contributed by atoms with Crippen molar-refractivity contribution in [2.24, 2.45) is 0 Å². The summed E-state index contributed by atoms with van der Waals surface area (Å²) in [5.74, 6) is -0.910. The Morgan fingerprint density at radius 2 is 1.90 bits per heavy atom. The van der Waals surface area contributed by atoms with Gasteiger partial charge in [0, 0.05) is 18.8 Å². The summed E-state index contributed by atoms with van der Waals surface area (Å²) in [5.41, 5.74) is 3.01. The Balaban J connectivity index is 2.01. The molecule has 2 aromatic carbocycles. The Morgan fingerprint density at radius 1 is 1.10 bits per heavy atom. The Hall–Kier alpha value is -2.07. The minimum Gasteiger partial charge on any atom is -0.505 e. The fourth-order valence-electron chi connectivity index (χ4n) is 2.01. The molecule has 0 heterocycles. The van der Waals surface area contributed by atoms with Crippen LogP contribution in [-0.4, -0.2) is 24.1 Å². The molecule has 3 nitrogen and oxygen atoms in total. The van der Waals surface area contributed by atoms with Gasteiger partial charge in [0.05, 0.1) is 0 Å². The molecule has 0 atom stereocenters. The van der Waals surface area contributed by atoms with Gasteiger partial charge in [0.1, 0.15) is 0 Å². The first-order valence-corrected chi connectivity index (χ1v) is 6.49. The molecular weight excluding hydrogens is 255 g/mol. The van der Waals surface area contributed by atoms with Crippen molar-refractivity contribution in [3.05, 3.63) is 59.4 Å². The van der Waals surface area contributed by atoms with Gasteiger partial charge >= 0.3 is 0 Å². The second-order valence-electron chi connectivity index (χ2n) is 5.08. The predicted octanol–water partition coefficient (Wildman–Crippen LogP) is 3.21. The third-order valence-electron chi connectivity index (χ3n) is 2.93. The van der Waals surface area contributed by atoms with Gasteiger partial charge in [-0.05, 0) is 49.5 Å². The van der Waals surface area contributed by atoms with Crippen LogP contribution in [0.1, 0.15) is 11.1 Å². The van der Waals surface area contributed by atoms with Gasteiger partial charge in [-0.2, -0.15) is 0 Å². The Labute approximate surface area is 118 Å². The normalized spacial score (nSPS) is 10.8. The van der Waals surface area contributed by atoms with E-state index in [1.54, 1.807) is 6.07 Å². The summed E-state index contributed by atoms with van der Waals surface area (Å²) < 4.78 is 13.2. The van der Waals surface area contributed by atoms with E-state index in [1.165, 1.54) is 17.7 Å². The maximum atomic E-state index is 13.2. The molecule has 0 fully saturated rings. The van der Waals surface area contributed by atoms with Crippen molar-refractivity contribution in [1.29, 1.82) is 0 Å². The topological polar surface area (TPSA) is 35.5 Å². The monoisotopic (exact) mass is 274 g/mol. The molecule has 106 valence electrons. The Bertz CT molecular complexity index is 584. The molecule has 0 aromatic heterocycles. The number of anilines is 1. The molecule has 0 saturated carbocycles. The van der Waals surface area contributed by atoms with Crippen molar-refractivity contribution in [3.63, 3.8) is 0 Å². The van der Waals surface area contributed by atoms with E-state index in [2.05, 4.69) is 22.3 Å². The second kappa shape index (κ2) is 6.39. The first-order valence-electron chi connectivity index (χ1n) is 6.49. The summed E-state index contributed by atoms with van der Waals surface area (Å²) in [6.45, 7) is 1.39. The average Bonchev–Trinajstić information content (AvgIpc) is 2.40. The van der Waals surface area contributed by atoms with Crippen LogP contribution in [0.25, 0.3) is 0 Å². The quantitative estimate of drug-likeness (QED) is 0.879. The fourth-order valence-corrected chi connectivity index (χ4v) is 2.01. The van der Waals surface area contributed by atoms with E-state index in [0.29, 0.717) is 6.54 Å². The highest BCUT2D eigenvalue weighted by Crippen LogP contribution is 2.18. The molecule has 0 aliphatic carbocycles. The third-order valence-corrected chi connectivity index (χ3v) is 2.93. The van der Waals surface area contributed by atoms with Crippen molar-refractivity contribution >= 4 is 5.69 Å². The third kappa shape index (κ3) is 3.96. The lowest BCUT2D eigenvalue weighted by molar-refractivity contribution is 0.402. The van der Waals surface area contributed by atoms with Crippen LogP contribution in [0.4, 0.5) is 10.1 Å². The molecule has 0 bridgehead atoms. The van der Waals surface area contributed by atoms with Gasteiger partial charge in [0.25, 0.3) is 0 Å². The zero-order chi connectivity index (χ0) is 14.5. The number of aromatic hydroxyl groups is 1. The van der Waals surface area contributed by atoms with Crippen LogP contribution < -0.4 is 5.32 Å². The van der Waals surface area contributed by atoms with Crippen LogP contribution in [0.15, 0.2) is 42.5 Å². The smallest absolute Gasteiger partial charge is 0.165 e. The summed E-state index contributed by atoms with van der Waals surface area (Å²) in [5, 5.41) is 12.4. The van der Waals surface area contributed by atoms with Crippen molar-refractivity contribution in [2.45, 2.75) is 13.1 Å². The maximum absolute atomic E-state index is 13.2. The number of hydrogen-bond acceptors (Lipinski definition) is 3. The molecule has 2 aromatic rings. The first kappa shape index (κ1) is 14.3. The van der Waals surface area contributed by atoms with Crippen molar-refractivity contribution in [2.75, 3.05) is 19.4 Å². The standard InChI is InChI=1S/C16H19FN2O/c1-19(2)11-13-4-3-5-14(8-13)18-10-12-6-7-16(20)15(17)9-12/h3-9,18,20H,10-11H2,1-2H3. The number of nitrogens with one attached hydrogen (secondary N) is 1. The summed E-state index contributed by atoms with van der Waals surface area (Å²) in [4.78, 5) is 2.11. The zero-order valence-corrected chi connectivity index (χ0v) is 11.7. The molecular formula is C16H19FN2O. The SMILES string of the molecule is CN(C)Cc1cccc(NCc2ccc(O)c(F)c2)c1. The summed E-state index contributed by atoms with van der Waals surface area (Å²) in [6, 6.07) is 12.5. The van der Waals surface area contributed by atoms with Gasteiger partial charge in [-0.15, -0.1) is 0 Å². The number of nitrogens with zero attached hydrogens (tertiary/aromatic N) is 1. The van der Waals surface area contributed by atoms with E-state index in [1.807, 2.05) is 26.2 Å². The lowest BCUT2D eigenvalue weighted by Crippen LogP contribution is -2.10. The largest absolute Gasteiger partial charge is 0.505 e. The number of phenolic OH excluding ortho intramolecular Hbond substituents is 1. The molecule has 0 spiro atoms. The van der Waals surface area contributed by atoms with Crippen LogP contribution in [0.5, 0.6) is 5.75 Å². The Morgan fingerprint density at radius 3 is 2.60 bits per heavy atom. The maximum Gasteiger partial charge on any atom is 0.165 e. The van der Waals surface area contributed by atoms with Crippen LogP contribution >= 0.6 is 0 Å². The van der Waals surface area contributed by atoms with Crippen LogP contribution in [-0.2, 0) is 13.1 Å². The molecule has 0 aliphatic rings. The van der Waals surface area contributed by atoms with Crippen molar-refractivity contribution in [1.82, 2.24) is 4.90 Å². The number of halogens is 1. The molecule has 0 unspecified atom stereocenters. The second-order valence-corrected chi connectivity index (χ2v) is 5.08. The van der Waals surface area contributed by atoms with E-state index in [4.69, 9.17) is 5.11 Å². The van der Waals surface area contributed by atoms with Crippen molar-refractivity contribution < 1.29 is 9.50 Å². The van der Waals surface area contributed by atoms with Gasteiger partial charge in [-0.25, -0.2) is 4.39 Å². The minimum absolute atomic E-state index is 0.318. The van der Waals surface area contributed by atoms with Gasteiger partial charge in [0.2, 0.25) is 0 Å². The van der Waals surface area contributed by atoms with E-state index >= 15 is 0 Å². The van der Waals surface area contributed by atoms with Gasteiger partial charge in [-0.1, -0.05) is 18.2 Å². The molecule has 2 rings (SSSR count). The lowest BCUT2D eigenvalue weighted by Gasteiger charge is -2.12. The van der Waals surface area contributed by atoms with Gasteiger partial charge in [-0.3, -0.25) is 0 Å². The van der Waals surface area contributed by atoms with E-state index in [-0.39, 0.29) is 5.75 Å². The first-order chi connectivity index (χ1) is 9.54. The number of hydrogen-bond donors (Lipinski definition) is 2. The molecule has 4 heteroatoms. The van der Waals surface area contributed by atoms with E-state index in [9.17, 15) is 4.39 Å².